The first-order valence-corrected chi connectivity index (χ1v) is 6.11. The molecule has 0 amide bonds. The summed E-state index contributed by atoms with van der Waals surface area (Å²) in [6.07, 6.45) is 1.93. The fraction of sp³-hybridized carbons (Fsp3) is 0.222. The molecule has 0 aliphatic heterocycles. The molecule has 0 atom stereocenters. The zero-order valence-corrected chi connectivity index (χ0v) is 10.4. The fourth-order valence-electron chi connectivity index (χ4n) is 1.31. The number of thiocarbonyl (C=S) groups is 1. The van der Waals surface area contributed by atoms with E-state index in [9.17, 15) is 5.11 Å². The molecular formula is C9H14N4OS2. The second-order valence-electron chi connectivity index (χ2n) is 2.94. The molecule has 6 N–H and O–H groups in total. The molecule has 1 aromatic rings. The molecule has 0 aliphatic carbocycles. The van der Waals surface area contributed by atoms with Gasteiger partial charge in [-0.05, 0) is 30.6 Å². The Labute approximate surface area is 104 Å². The van der Waals surface area contributed by atoms with E-state index in [4.69, 9.17) is 23.9 Å². The van der Waals surface area contributed by atoms with Crippen LogP contribution in [-0.2, 0) is 6.61 Å². The first-order chi connectivity index (χ1) is 7.65. The molecule has 0 unspecified atom stereocenters. The van der Waals surface area contributed by atoms with Gasteiger partial charge < -0.3 is 5.11 Å². The molecule has 0 heterocycles. The van der Waals surface area contributed by atoms with Crippen molar-refractivity contribution in [1.82, 2.24) is 5.43 Å². The Morgan fingerprint density at radius 2 is 2.31 bits per heavy atom. The molecule has 7 heteroatoms. The zero-order valence-electron chi connectivity index (χ0n) is 8.80. The highest BCUT2D eigenvalue weighted by atomic mass is 32.2. The number of hydrogen-bond donors (Lipinski definition) is 4. The number of benzene rings is 1. The monoisotopic (exact) mass is 258 g/mol. The maximum absolute atomic E-state index is 9.34. The Morgan fingerprint density at radius 3 is 2.81 bits per heavy atom. The average molecular weight is 258 g/mol. The lowest BCUT2D eigenvalue weighted by Gasteiger charge is -2.22. The number of nitrogens with zero attached hydrogens (tertiary/aromatic N) is 1. The predicted molar refractivity (Wildman–Crippen MR) is 70.7 cm³/mol. The van der Waals surface area contributed by atoms with Crippen LogP contribution in [-0.4, -0.2) is 16.5 Å². The van der Waals surface area contributed by atoms with Crippen molar-refractivity contribution in [2.45, 2.75) is 11.5 Å². The van der Waals surface area contributed by atoms with Crippen LogP contribution in [0.4, 0.5) is 5.69 Å². The van der Waals surface area contributed by atoms with Crippen molar-refractivity contribution in [3.05, 3.63) is 23.8 Å². The molecular weight excluding hydrogens is 244 g/mol. The van der Waals surface area contributed by atoms with Crippen LogP contribution in [0.1, 0.15) is 5.56 Å². The second-order valence-corrected chi connectivity index (χ2v) is 4.17. The van der Waals surface area contributed by atoms with Gasteiger partial charge in [0.05, 0.1) is 12.3 Å². The van der Waals surface area contributed by atoms with Gasteiger partial charge in [0.15, 0.2) is 0 Å². The Kier molecular flexibility index (Phi) is 4.97. The maximum atomic E-state index is 9.34. The van der Waals surface area contributed by atoms with Gasteiger partial charge in [-0.2, -0.15) is 0 Å². The van der Waals surface area contributed by atoms with Crippen molar-refractivity contribution in [3.8, 4) is 0 Å². The van der Waals surface area contributed by atoms with E-state index in [2.05, 4.69) is 5.43 Å². The number of rotatable bonds is 3. The van der Waals surface area contributed by atoms with E-state index in [-0.39, 0.29) is 11.7 Å². The van der Waals surface area contributed by atoms with Crippen LogP contribution in [0.2, 0.25) is 0 Å². The summed E-state index contributed by atoms with van der Waals surface area (Å²) in [6.45, 7) is -0.104. The van der Waals surface area contributed by atoms with Gasteiger partial charge in [0, 0.05) is 10.5 Å². The highest BCUT2D eigenvalue weighted by molar-refractivity contribution is 7.98. The number of aliphatic hydroxyl groups excluding tert-OH is 1. The predicted octanol–water partition coefficient (Wildman–Crippen LogP) is 0.329. The number of aliphatic hydroxyl groups is 1. The van der Waals surface area contributed by atoms with E-state index in [0.29, 0.717) is 5.69 Å². The van der Waals surface area contributed by atoms with E-state index >= 15 is 0 Å². The molecule has 0 fully saturated rings. The van der Waals surface area contributed by atoms with Gasteiger partial charge in [0.25, 0.3) is 0 Å². The van der Waals surface area contributed by atoms with Crippen molar-refractivity contribution >= 4 is 34.8 Å². The van der Waals surface area contributed by atoms with Crippen molar-refractivity contribution in [1.29, 1.82) is 0 Å². The summed E-state index contributed by atoms with van der Waals surface area (Å²) in [5, 5.41) is 10.8. The number of anilines is 1. The summed E-state index contributed by atoms with van der Waals surface area (Å²) >= 11 is 6.46. The van der Waals surface area contributed by atoms with Crippen LogP contribution < -0.4 is 22.1 Å². The quantitative estimate of drug-likeness (QED) is 0.269. The minimum Gasteiger partial charge on any atom is -0.392 e. The zero-order chi connectivity index (χ0) is 12.1. The Morgan fingerprint density at radius 1 is 1.62 bits per heavy atom. The fourth-order valence-corrected chi connectivity index (χ4v) is 2.04. The molecule has 1 rings (SSSR count). The van der Waals surface area contributed by atoms with Gasteiger partial charge in [-0.15, -0.1) is 11.8 Å². The first-order valence-electron chi connectivity index (χ1n) is 4.47. The molecule has 0 radical (unpaired) electrons. The lowest BCUT2D eigenvalue weighted by Crippen LogP contribution is -2.47. The van der Waals surface area contributed by atoms with Crippen LogP contribution in [0.25, 0.3) is 0 Å². The van der Waals surface area contributed by atoms with Crippen molar-refractivity contribution in [3.63, 3.8) is 0 Å². The second kappa shape index (κ2) is 6.02. The summed E-state index contributed by atoms with van der Waals surface area (Å²) in [5.41, 5.74) is 3.66. The molecule has 0 bridgehead atoms. The molecule has 0 aliphatic rings. The van der Waals surface area contributed by atoms with Gasteiger partial charge in [-0.1, -0.05) is 6.07 Å². The lowest BCUT2D eigenvalue weighted by atomic mass is 10.2. The van der Waals surface area contributed by atoms with E-state index < -0.39 is 0 Å². The summed E-state index contributed by atoms with van der Waals surface area (Å²) in [4.78, 5) is 0.954. The van der Waals surface area contributed by atoms with Crippen LogP contribution in [0.5, 0.6) is 0 Å². The smallest absolute Gasteiger partial charge is 0.202 e. The minimum absolute atomic E-state index is 0.104. The highest BCUT2D eigenvalue weighted by Crippen LogP contribution is 2.28. The molecule has 0 saturated carbocycles. The number of hydrazine groups is 2. The number of thioether (sulfide) groups is 1. The van der Waals surface area contributed by atoms with Crippen molar-refractivity contribution in [2.75, 3.05) is 11.3 Å². The number of hydrogen-bond acceptors (Lipinski definition) is 5. The molecule has 0 spiro atoms. The SMILES string of the molecule is CSc1cccc(N(N)C(=S)NN)c1CO. The van der Waals surface area contributed by atoms with E-state index in [1.54, 1.807) is 6.07 Å². The third-order valence-corrected chi connectivity index (χ3v) is 3.23. The summed E-state index contributed by atoms with van der Waals surface area (Å²) < 4.78 is 0. The average Bonchev–Trinajstić information content (AvgIpc) is 2.35. The van der Waals surface area contributed by atoms with Gasteiger partial charge in [0.1, 0.15) is 0 Å². The van der Waals surface area contributed by atoms with Gasteiger partial charge >= 0.3 is 0 Å². The molecule has 16 heavy (non-hydrogen) atoms. The van der Waals surface area contributed by atoms with Gasteiger partial charge in [-0.25, -0.2) is 11.7 Å². The van der Waals surface area contributed by atoms with Crippen LogP contribution in [0.3, 0.4) is 0 Å². The van der Waals surface area contributed by atoms with Crippen molar-refractivity contribution in [2.24, 2.45) is 11.7 Å². The summed E-state index contributed by atoms with van der Waals surface area (Å²) in [7, 11) is 0. The van der Waals surface area contributed by atoms with Crippen LogP contribution >= 0.6 is 24.0 Å². The molecule has 1 aromatic carbocycles. The highest BCUT2D eigenvalue weighted by Gasteiger charge is 2.13. The molecule has 0 saturated heterocycles. The summed E-state index contributed by atoms with van der Waals surface area (Å²) in [5.74, 6) is 11.0. The Hall–Kier alpha value is -0.860. The van der Waals surface area contributed by atoms with Gasteiger partial charge in [0.2, 0.25) is 5.11 Å². The lowest BCUT2D eigenvalue weighted by molar-refractivity contribution is 0.279. The third-order valence-electron chi connectivity index (χ3n) is 2.09. The third kappa shape index (κ3) is 2.63. The minimum atomic E-state index is -0.104. The topological polar surface area (TPSA) is 87.5 Å². The number of nitrogens with two attached hydrogens (primary N) is 2. The van der Waals surface area contributed by atoms with Crippen molar-refractivity contribution < 1.29 is 5.11 Å². The first kappa shape index (κ1) is 13.2. The number of nitrogens with one attached hydrogen (secondary N) is 1. The molecule has 0 aromatic heterocycles. The Balaban J connectivity index is 3.17. The normalized spacial score (nSPS) is 10.0. The molecule has 88 valence electrons. The van der Waals surface area contributed by atoms with E-state index in [1.165, 1.54) is 16.8 Å². The standard InChI is InChI=1S/C9H14N4OS2/c1-16-8-4-2-3-7(6(8)5-14)13(11)9(15)12-10/h2-4,14H,5,10-11H2,1H3,(H,12,15). The van der Waals surface area contributed by atoms with Gasteiger partial charge in [-0.3, -0.25) is 10.4 Å². The largest absolute Gasteiger partial charge is 0.392 e. The van der Waals surface area contributed by atoms with E-state index in [1.807, 2.05) is 18.4 Å². The Bertz CT molecular complexity index is 386. The maximum Gasteiger partial charge on any atom is 0.202 e. The van der Waals surface area contributed by atoms with Crippen LogP contribution in [0.15, 0.2) is 23.1 Å². The molecule has 5 nitrogen and oxygen atoms in total. The summed E-state index contributed by atoms with van der Waals surface area (Å²) in [6, 6.07) is 5.53. The van der Waals surface area contributed by atoms with Crippen LogP contribution in [0, 0.1) is 0 Å². The van der Waals surface area contributed by atoms with E-state index in [0.717, 1.165) is 10.5 Å².